The number of aryl methyl sites for hydroxylation is 1. The molecular weight excluding hydrogens is 418 g/mol. The molecule has 1 aromatic heterocycles. The molecule has 0 radical (unpaired) electrons. The van der Waals surface area contributed by atoms with Gasteiger partial charge in [-0.15, -0.1) is 0 Å². The van der Waals surface area contributed by atoms with Crippen molar-refractivity contribution in [3.8, 4) is 11.4 Å². The van der Waals surface area contributed by atoms with Crippen molar-refractivity contribution in [1.29, 1.82) is 0 Å². The number of rotatable bonds is 8. The number of hydrogen-bond donors (Lipinski definition) is 0. The molecule has 1 aliphatic heterocycles. The molecule has 0 atom stereocenters. The Labute approximate surface area is 184 Å². The van der Waals surface area contributed by atoms with Gasteiger partial charge in [0.2, 0.25) is 10.0 Å². The molecule has 0 spiro atoms. The topological polar surface area (TPSA) is 81.1 Å². The van der Waals surface area contributed by atoms with Crippen LogP contribution < -0.4 is 4.74 Å². The van der Waals surface area contributed by atoms with E-state index in [-0.39, 0.29) is 11.7 Å². The van der Waals surface area contributed by atoms with Gasteiger partial charge >= 0.3 is 0 Å². The van der Waals surface area contributed by atoms with Crippen LogP contribution in [0.25, 0.3) is 5.69 Å². The van der Waals surface area contributed by atoms with Crippen LogP contribution >= 0.6 is 0 Å². The fourth-order valence-electron chi connectivity index (χ4n) is 3.96. The van der Waals surface area contributed by atoms with E-state index in [0.29, 0.717) is 44.8 Å². The number of carbonyl (C=O) groups excluding carboxylic acids is 1. The first-order valence-corrected chi connectivity index (χ1v) is 12.0. The number of carbonyl (C=O) groups is 1. The molecule has 0 saturated carbocycles. The molecule has 2 aromatic rings. The minimum Gasteiger partial charge on any atom is -0.497 e. The van der Waals surface area contributed by atoms with Gasteiger partial charge in [0.1, 0.15) is 5.75 Å². The third-order valence-corrected chi connectivity index (χ3v) is 7.62. The summed E-state index contributed by atoms with van der Waals surface area (Å²) in [5, 5.41) is 0. The quantitative estimate of drug-likeness (QED) is 0.578. The van der Waals surface area contributed by atoms with Crippen molar-refractivity contribution in [2.45, 2.75) is 20.3 Å². The van der Waals surface area contributed by atoms with Gasteiger partial charge in [0, 0.05) is 57.0 Å². The van der Waals surface area contributed by atoms with E-state index >= 15 is 0 Å². The normalized spacial score (nSPS) is 15.3. The Balaban J connectivity index is 1.70. The Morgan fingerprint density at radius 3 is 2.26 bits per heavy atom. The van der Waals surface area contributed by atoms with E-state index in [0.717, 1.165) is 22.8 Å². The molecule has 1 aliphatic rings. The molecule has 3 rings (SSSR count). The molecule has 1 amide bonds. The number of aromatic nitrogens is 1. The summed E-state index contributed by atoms with van der Waals surface area (Å²) in [6, 6.07) is 9.60. The maximum atomic E-state index is 13.2. The van der Waals surface area contributed by atoms with E-state index in [1.807, 2.05) is 48.7 Å². The van der Waals surface area contributed by atoms with E-state index in [2.05, 4.69) is 0 Å². The summed E-state index contributed by atoms with van der Waals surface area (Å²) in [6.07, 6.45) is 0.468. The van der Waals surface area contributed by atoms with Crippen LogP contribution in [-0.2, 0) is 14.8 Å². The van der Waals surface area contributed by atoms with Gasteiger partial charge in [-0.1, -0.05) is 0 Å². The van der Waals surface area contributed by atoms with Crippen molar-refractivity contribution >= 4 is 15.9 Å². The van der Waals surface area contributed by atoms with Gasteiger partial charge in [-0.05, 0) is 50.6 Å². The van der Waals surface area contributed by atoms with Gasteiger partial charge in [-0.3, -0.25) is 4.79 Å². The molecular formula is C22H31N3O5S. The van der Waals surface area contributed by atoms with Gasteiger partial charge in [-0.25, -0.2) is 8.42 Å². The van der Waals surface area contributed by atoms with Crippen LogP contribution in [0.3, 0.4) is 0 Å². The highest BCUT2D eigenvalue weighted by Gasteiger charge is 2.30. The van der Waals surface area contributed by atoms with Crippen molar-refractivity contribution in [3.63, 3.8) is 0 Å². The smallest absolute Gasteiger partial charge is 0.255 e. The first kappa shape index (κ1) is 23.3. The van der Waals surface area contributed by atoms with Crippen LogP contribution in [0.1, 0.15) is 28.2 Å². The molecule has 0 unspecified atom stereocenters. The molecule has 9 heteroatoms. The lowest BCUT2D eigenvalue weighted by Crippen LogP contribution is -2.51. The second-order valence-corrected chi connectivity index (χ2v) is 9.76. The highest BCUT2D eigenvalue weighted by atomic mass is 32.2. The lowest BCUT2D eigenvalue weighted by Gasteiger charge is -2.34. The van der Waals surface area contributed by atoms with Crippen molar-refractivity contribution in [3.05, 3.63) is 47.3 Å². The van der Waals surface area contributed by atoms with Gasteiger partial charge < -0.3 is 18.9 Å². The molecule has 1 saturated heterocycles. The van der Waals surface area contributed by atoms with E-state index in [1.54, 1.807) is 19.1 Å². The lowest BCUT2D eigenvalue weighted by atomic mass is 10.2. The molecule has 0 bridgehead atoms. The average Bonchev–Trinajstić information content (AvgIpc) is 3.07. The van der Waals surface area contributed by atoms with Crippen LogP contribution in [-0.4, -0.2) is 80.9 Å². The third kappa shape index (κ3) is 5.11. The second kappa shape index (κ2) is 9.84. The number of hydrogen-bond acceptors (Lipinski definition) is 5. The Kier molecular flexibility index (Phi) is 7.40. The van der Waals surface area contributed by atoms with Crippen LogP contribution in [0, 0.1) is 13.8 Å². The Morgan fingerprint density at radius 1 is 1.03 bits per heavy atom. The van der Waals surface area contributed by atoms with Crippen LogP contribution in [0.15, 0.2) is 30.3 Å². The minimum absolute atomic E-state index is 0.0655. The van der Waals surface area contributed by atoms with E-state index in [1.165, 1.54) is 4.31 Å². The first-order chi connectivity index (χ1) is 14.8. The number of sulfonamides is 1. The highest BCUT2D eigenvalue weighted by molar-refractivity contribution is 7.89. The molecule has 0 aliphatic carbocycles. The average molecular weight is 450 g/mol. The summed E-state index contributed by atoms with van der Waals surface area (Å²) in [7, 11) is -0.135. The minimum atomic E-state index is -3.32. The second-order valence-electron chi connectivity index (χ2n) is 7.67. The van der Waals surface area contributed by atoms with Crippen molar-refractivity contribution in [2.75, 3.05) is 52.8 Å². The van der Waals surface area contributed by atoms with Crippen molar-refractivity contribution < 1.29 is 22.7 Å². The molecule has 170 valence electrons. The predicted octanol–water partition coefficient (Wildman–Crippen LogP) is 2.23. The largest absolute Gasteiger partial charge is 0.497 e. The van der Waals surface area contributed by atoms with Crippen molar-refractivity contribution in [2.24, 2.45) is 0 Å². The zero-order valence-corrected chi connectivity index (χ0v) is 19.4. The number of amides is 1. The number of methoxy groups -OCH3 is 2. The molecule has 0 N–H and O–H groups in total. The van der Waals surface area contributed by atoms with E-state index < -0.39 is 10.0 Å². The van der Waals surface area contributed by atoms with Crippen molar-refractivity contribution in [1.82, 2.24) is 13.8 Å². The van der Waals surface area contributed by atoms with Crippen LogP contribution in [0.2, 0.25) is 0 Å². The molecule has 1 aromatic carbocycles. The van der Waals surface area contributed by atoms with Gasteiger partial charge in [0.25, 0.3) is 5.91 Å². The lowest BCUT2D eigenvalue weighted by molar-refractivity contribution is 0.0697. The molecule has 1 fully saturated rings. The predicted molar refractivity (Wildman–Crippen MR) is 120 cm³/mol. The summed E-state index contributed by atoms with van der Waals surface area (Å²) in [5.41, 5.74) is 3.43. The maximum absolute atomic E-state index is 13.2. The first-order valence-electron chi connectivity index (χ1n) is 10.4. The van der Waals surface area contributed by atoms with Gasteiger partial charge in [0.05, 0.1) is 18.4 Å². The highest BCUT2D eigenvalue weighted by Crippen LogP contribution is 2.24. The number of benzene rings is 1. The third-order valence-electron chi connectivity index (χ3n) is 5.66. The summed E-state index contributed by atoms with van der Waals surface area (Å²) >= 11 is 0. The van der Waals surface area contributed by atoms with E-state index in [9.17, 15) is 13.2 Å². The standard InChI is InChI=1S/C22H31N3O5S/c1-17-16-21(18(2)25(17)19-6-8-20(30-4)9-7-19)22(26)23-10-12-24(13-11-23)31(27,28)15-5-14-29-3/h6-9,16H,5,10-15H2,1-4H3. The number of ether oxygens (including phenoxy) is 2. The number of nitrogens with zero attached hydrogens (tertiary/aromatic N) is 3. The molecule has 8 nitrogen and oxygen atoms in total. The van der Waals surface area contributed by atoms with Crippen LogP contribution in [0.4, 0.5) is 0 Å². The summed E-state index contributed by atoms with van der Waals surface area (Å²) < 4.78 is 38.6. The maximum Gasteiger partial charge on any atom is 0.255 e. The Hall–Kier alpha value is -2.36. The Morgan fingerprint density at radius 2 is 1.68 bits per heavy atom. The summed E-state index contributed by atoms with van der Waals surface area (Å²) in [5.74, 6) is 0.777. The fraction of sp³-hybridized carbons (Fsp3) is 0.500. The van der Waals surface area contributed by atoms with Gasteiger partial charge in [0.15, 0.2) is 0 Å². The summed E-state index contributed by atoms with van der Waals surface area (Å²) in [4.78, 5) is 14.9. The monoisotopic (exact) mass is 449 g/mol. The van der Waals surface area contributed by atoms with Crippen LogP contribution in [0.5, 0.6) is 5.75 Å². The molecule has 2 heterocycles. The number of piperazine rings is 1. The summed E-state index contributed by atoms with van der Waals surface area (Å²) in [6.45, 7) is 5.72. The van der Waals surface area contributed by atoms with E-state index in [4.69, 9.17) is 9.47 Å². The fourth-order valence-corrected chi connectivity index (χ4v) is 5.42. The zero-order valence-electron chi connectivity index (χ0n) is 18.6. The zero-order chi connectivity index (χ0) is 22.6. The molecule has 31 heavy (non-hydrogen) atoms. The Bertz CT molecular complexity index is 1010. The SMILES string of the molecule is COCCCS(=O)(=O)N1CCN(C(=O)c2cc(C)n(-c3ccc(OC)cc3)c2C)CC1. The van der Waals surface area contributed by atoms with Gasteiger partial charge in [-0.2, -0.15) is 4.31 Å².